The van der Waals surface area contributed by atoms with Crippen molar-refractivity contribution in [3.05, 3.63) is 129 Å². The molecule has 2 aliphatic rings. The van der Waals surface area contributed by atoms with Crippen LogP contribution in [0.2, 0.25) is 0 Å². The quantitative estimate of drug-likeness (QED) is 0.201. The number of halogens is 2. The number of aryl methyl sites for hydroxylation is 6. The Balaban J connectivity index is 1.76. The zero-order valence-electron chi connectivity index (χ0n) is 24.5. The Kier molecular flexibility index (Phi) is 7.43. The van der Waals surface area contributed by atoms with Gasteiger partial charge in [-0.25, -0.2) is 0 Å². The van der Waals surface area contributed by atoms with E-state index >= 15 is 0 Å². The van der Waals surface area contributed by atoms with Gasteiger partial charge in [-0.1, -0.05) is 0 Å². The van der Waals surface area contributed by atoms with Gasteiger partial charge < -0.3 is 0 Å². The molecular formula is C36H36Cl2N2Ru. The number of benzene rings is 4. The second-order valence-electron chi connectivity index (χ2n) is 11.3. The Morgan fingerprint density at radius 1 is 0.610 bits per heavy atom. The Labute approximate surface area is 254 Å². The second kappa shape index (κ2) is 10.8. The van der Waals surface area contributed by atoms with Gasteiger partial charge in [0.2, 0.25) is 0 Å². The number of anilines is 2. The fraction of sp³-hybridized carbons (Fsp3) is 0.222. The minimum absolute atomic E-state index is 0.828. The van der Waals surface area contributed by atoms with Crippen LogP contribution in [-0.2, 0) is 11.9 Å². The van der Waals surface area contributed by atoms with E-state index in [0.29, 0.717) is 0 Å². The standard InChI is InChI=1S/C21H26N2.C15H10.2ClH.Ru/c1-14-9-16(3)20(17(4)10-14)22-7-8-23(13-22)21-18(5)11-15(2)12-19(21)6;1-2-6-12(7-3-1)15-10-13-8-4-5-9-14(13)11-15;;;/h9-12H,7-8H2,1-6H3;1-10H;2*1H;/q;;;;+2/p-2. The van der Waals surface area contributed by atoms with Crippen molar-refractivity contribution in [3.8, 4) is 0 Å². The van der Waals surface area contributed by atoms with E-state index in [1.165, 1.54) is 50.3 Å². The fourth-order valence-corrected chi connectivity index (χ4v) is 14.4. The Bertz CT molecular complexity index is 1740. The van der Waals surface area contributed by atoms with Crippen molar-refractivity contribution < 1.29 is 11.9 Å². The summed E-state index contributed by atoms with van der Waals surface area (Å²) in [4.78, 5) is 4.90. The second-order valence-corrected chi connectivity index (χ2v) is 20.5. The molecule has 1 saturated heterocycles. The molecule has 1 aliphatic carbocycles. The van der Waals surface area contributed by atoms with E-state index in [-0.39, 0.29) is 0 Å². The summed E-state index contributed by atoms with van der Waals surface area (Å²) in [6, 6.07) is 28.2. The molecule has 0 aromatic heterocycles. The van der Waals surface area contributed by atoms with Crippen LogP contribution in [0.4, 0.5) is 11.4 Å². The normalized spacial score (nSPS) is 15.5. The first-order valence-corrected chi connectivity index (χ1v) is 20.2. The molecule has 2 nitrogen and oxygen atoms in total. The van der Waals surface area contributed by atoms with Crippen molar-refractivity contribution in [1.29, 1.82) is 0 Å². The third-order valence-corrected chi connectivity index (χ3v) is 15.0. The van der Waals surface area contributed by atoms with Crippen molar-refractivity contribution in [2.75, 3.05) is 22.9 Å². The molecule has 0 atom stereocenters. The number of rotatable bonds is 3. The number of hydrogen-bond donors (Lipinski definition) is 0. The molecule has 41 heavy (non-hydrogen) atoms. The summed E-state index contributed by atoms with van der Waals surface area (Å²) < 4.78 is 2.16. The molecule has 4 aromatic carbocycles. The topological polar surface area (TPSA) is 6.48 Å². The van der Waals surface area contributed by atoms with Crippen molar-refractivity contribution in [2.24, 2.45) is 0 Å². The molecule has 0 N–H and O–H groups in total. The van der Waals surface area contributed by atoms with Crippen LogP contribution in [-0.4, -0.2) is 21.6 Å². The SMILES string of the molecule is Cc1cc(C)c(N2CCN(c3c(C)cc(C)cc3C)[C]2=[Ru]([Cl])([Cl])=[C]2C(c3ccccc3)=Cc3ccccc32)c(C)c1. The number of fused-ring (bicyclic) bond motifs is 1. The molecule has 0 bridgehead atoms. The van der Waals surface area contributed by atoms with Crippen molar-refractivity contribution in [2.45, 2.75) is 41.5 Å². The van der Waals surface area contributed by atoms with Gasteiger partial charge in [0.05, 0.1) is 0 Å². The van der Waals surface area contributed by atoms with Gasteiger partial charge in [0.25, 0.3) is 0 Å². The first-order valence-electron chi connectivity index (χ1n) is 14.0. The third-order valence-electron chi connectivity index (χ3n) is 8.02. The predicted molar refractivity (Wildman–Crippen MR) is 178 cm³/mol. The summed E-state index contributed by atoms with van der Waals surface area (Å²) in [6.07, 6.45) is 2.27. The van der Waals surface area contributed by atoms with Crippen LogP contribution in [0, 0.1) is 41.5 Å². The molecular weight excluding hydrogens is 632 g/mol. The summed E-state index contributed by atoms with van der Waals surface area (Å²) in [6.45, 7) is 14.8. The Morgan fingerprint density at radius 3 is 1.59 bits per heavy atom. The molecule has 1 fully saturated rings. The van der Waals surface area contributed by atoms with Crippen molar-refractivity contribution in [1.82, 2.24) is 0 Å². The molecule has 0 spiro atoms. The van der Waals surface area contributed by atoms with Gasteiger partial charge in [0.15, 0.2) is 0 Å². The summed E-state index contributed by atoms with van der Waals surface area (Å²) in [7, 11) is 16.0. The molecule has 4 aromatic rings. The maximum atomic E-state index is 8.02. The van der Waals surface area contributed by atoms with Crippen LogP contribution in [0.3, 0.4) is 0 Å². The molecule has 0 radical (unpaired) electrons. The monoisotopic (exact) mass is 668 g/mol. The Hall–Kier alpha value is -2.84. The van der Waals surface area contributed by atoms with Crippen molar-refractivity contribution >= 4 is 50.9 Å². The molecule has 6 rings (SSSR count). The molecule has 5 heteroatoms. The van der Waals surface area contributed by atoms with Crippen LogP contribution in [0.5, 0.6) is 0 Å². The fourth-order valence-electron chi connectivity index (χ4n) is 6.69. The van der Waals surface area contributed by atoms with E-state index in [2.05, 4.69) is 136 Å². The summed E-state index contributed by atoms with van der Waals surface area (Å²) in [5.74, 6) is 0. The van der Waals surface area contributed by atoms with Crippen LogP contribution < -0.4 is 9.80 Å². The van der Waals surface area contributed by atoms with Gasteiger partial charge in [0.1, 0.15) is 0 Å². The molecule has 1 heterocycles. The molecule has 0 amide bonds. The van der Waals surface area contributed by atoms with E-state index in [9.17, 15) is 0 Å². The van der Waals surface area contributed by atoms with Gasteiger partial charge in [-0.05, 0) is 0 Å². The van der Waals surface area contributed by atoms with Gasteiger partial charge in [-0.3, -0.25) is 0 Å². The van der Waals surface area contributed by atoms with Crippen molar-refractivity contribution in [3.63, 3.8) is 0 Å². The first-order chi connectivity index (χ1) is 19.6. The van der Waals surface area contributed by atoms with Gasteiger partial charge in [-0.2, -0.15) is 0 Å². The maximum absolute atomic E-state index is 8.02. The molecule has 1 aliphatic heterocycles. The third kappa shape index (κ3) is 4.87. The average Bonchev–Trinajstić information content (AvgIpc) is 3.51. The molecule has 0 saturated carbocycles. The zero-order chi connectivity index (χ0) is 29.1. The summed E-state index contributed by atoms with van der Waals surface area (Å²) in [5, 5.41) is 0. The van der Waals surface area contributed by atoms with Gasteiger partial charge >= 0.3 is 256 Å². The average molecular weight is 669 g/mol. The predicted octanol–water partition coefficient (Wildman–Crippen LogP) is 9.19. The van der Waals surface area contributed by atoms with Crippen LogP contribution in [0.15, 0.2) is 78.9 Å². The first kappa shape index (κ1) is 28.3. The van der Waals surface area contributed by atoms with E-state index in [1.54, 1.807) is 0 Å². The van der Waals surface area contributed by atoms with Gasteiger partial charge in [-0.15, -0.1) is 0 Å². The van der Waals surface area contributed by atoms with Gasteiger partial charge in [0, 0.05) is 0 Å². The summed E-state index contributed by atoms with van der Waals surface area (Å²) >= 11 is -3.84. The van der Waals surface area contributed by atoms with E-state index in [0.717, 1.165) is 38.3 Å². The number of hydrogen-bond acceptors (Lipinski definition) is 2. The molecule has 212 valence electrons. The number of nitrogens with zero attached hydrogens (tertiary/aromatic N) is 2. The van der Waals surface area contributed by atoms with Crippen LogP contribution in [0.25, 0.3) is 11.6 Å². The van der Waals surface area contributed by atoms with E-state index in [1.807, 2.05) is 0 Å². The number of allylic oxidation sites excluding steroid dienone is 1. The van der Waals surface area contributed by atoms with Crippen LogP contribution in [0.1, 0.15) is 50.1 Å². The molecule has 0 unspecified atom stereocenters. The summed E-state index contributed by atoms with van der Waals surface area (Å²) in [5.41, 5.74) is 14.6. The van der Waals surface area contributed by atoms with E-state index < -0.39 is 11.9 Å². The van der Waals surface area contributed by atoms with Crippen LogP contribution >= 0.6 is 19.4 Å². The van der Waals surface area contributed by atoms with E-state index in [4.69, 9.17) is 19.4 Å². The zero-order valence-corrected chi connectivity index (χ0v) is 27.8. The minimum atomic E-state index is -3.84. The Morgan fingerprint density at radius 2 is 1.07 bits per heavy atom.